The summed E-state index contributed by atoms with van der Waals surface area (Å²) in [4.78, 5) is 0. The number of hydrogen-bond donors (Lipinski definition) is 0. The lowest BCUT2D eigenvalue weighted by atomic mass is 10.0. The van der Waals surface area contributed by atoms with Crippen molar-refractivity contribution in [2.45, 2.75) is 18.8 Å². The summed E-state index contributed by atoms with van der Waals surface area (Å²) in [5.74, 6) is 0.565. The lowest BCUT2D eigenvalue weighted by Gasteiger charge is -2.35. The van der Waals surface area contributed by atoms with Crippen LogP contribution in [0.1, 0.15) is 12.0 Å². The highest BCUT2D eigenvalue weighted by atomic mass is 16.9. The largest absolute Gasteiger partial charge is 0.497 e. The van der Waals surface area contributed by atoms with Crippen LogP contribution in [-0.2, 0) is 15.9 Å². The van der Waals surface area contributed by atoms with Crippen molar-refractivity contribution in [1.82, 2.24) is 0 Å². The van der Waals surface area contributed by atoms with E-state index >= 15 is 0 Å². The number of aryl methyl sites for hydroxylation is 1. The fourth-order valence-electron chi connectivity index (χ4n) is 1.84. The molecule has 0 atom stereocenters. The van der Waals surface area contributed by atoms with Crippen LogP contribution in [-0.4, -0.2) is 27.3 Å². The Morgan fingerprint density at radius 3 is 2.56 bits per heavy atom. The van der Waals surface area contributed by atoms with Gasteiger partial charge in [0.1, 0.15) is 11.5 Å². The second kappa shape index (κ2) is 4.31. The van der Waals surface area contributed by atoms with Crippen LogP contribution in [0.4, 0.5) is 0 Å². The molecule has 88 valence electrons. The van der Waals surface area contributed by atoms with Crippen molar-refractivity contribution in [3.8, 4) is 11.5 Å². The molecule has 1 aliphatic heterocycles. The Morgan fingerprint density at radius 1 is 1.19 bits per heavy atom. The van der Waals surface area contributed by atoms with Crippen LogP contribution in [0.15, 0.2) is 18.2 Å². The number of methoxy groups -OCH3 is 3. The van der Waals surface area contributed by atoms with Crippen LogP contribution in [0.3, 0.4) is 0 Å². The van der Waals surface area contributed by atoms with Crippen molar-refractivity contribution in [2.75, 3.05) is 21.3 Å². The molecular weight excluding hydrogens is 208 g/mol. The molecule has 0 aliphatic carbocycles. The molecule has 0 radical (unpaired) electrons. The van der Waals surface area contributed by atoms with E-state index in [9.17, 15) is 0 Å². The van der Waals surface area contributed by atoms with Crippen LogP contribution >= 0.6 is 0 Å². The Kier molecular flexibility index (Phi) is 3.03. The van der Waals surface area contributed by atoms with Gasteiger partial charge in [-0.25, -0.2) is 0 Å². The normalized spacial score (nSPS) is 17.4. The molecule has 1 aromatic rings. The van der Waals surface area contributed by atoms with Crippen molar-refractivity contribution in [1.29, 1.82) is 0 Å². The Labute approximate surface area is 95.1 Å². The quantitative estimate of drug-likeness (QED) is 0.735. The molecule has 1 aromatic carbocycles. The smallest absolute Gasteiger partial charge is 0.326 e. The highest BCUT2D eigenvalue weighted by molar-refractivity contribution is 5.42. The van der Waals surface area contributed by atoms with E-state index in [0.717, 1.165) is 23.5 Å². The van der Waals surface area contributed by atoms with Crippen LogP contribution in [0.2, 0.25) is 0 Å². The summed E-state index contributed by atoms with van der Waals surface area (Å²) in [5.41, 5.74) is 1.14. The molecule has 4 nitrogen and oxygen atoms in total. The lowest BCUT2D eigenvalue weighted by Crippen LogP contribution is -2.43. The Bertz CT molecular complexity index is 371. The lowest BCUT2D eigenvalue weighted by molar-refractivity contribution is -0.329. The summed E-state index contributed by atoms with van der Waals surface area (Å²) < 4.78 is 21.4. The number of benzene rings is 1. The second-order valence-corrected chi connectivity index (χ2v) is 3.67. The molecule has 0 spiro atoms. The first-order valence-corrected chi connectivity index (χ1v) is 5.19. The number of rotatable bonds is 3. The maximum absolute atomic E-state index is 5.74. The van der Waals surface area contributed by atoms with E-state index in [2.05, 4.69) is 0 Å². The van der Waals surface area contributed by atoms with Crippen LogP contribution in [0.5, 0.6) is 11.5 Å². The minimum absolute atomic E-state index is 0.680. The summed E-state index contributed by atoms with van der Waals surface area (Å²) in [5, 5.41) is 0. The maximum Gasteiger partial charge on any atom is 0.326 e. The van der Waals surface area contributed by atoms with E-state index in [-0.39, 0.29) is 0 Å². The van der Waals surface area contributed by atoms with Crippen molar-refractivity contribution in [3.63, 3.8) is 0 Å². The first-order chi connectivity index (χ1) is 7.73. The van der Waals surface area contributed by atoms with Crippen LogP contribution in [0, 0.1) is 0 Å². The molecule has 0 aromatic heterocycles. The summed E-state index contributed by atoms with van der Waals surface area (Å²) >= 11 is 0. The van der Waals surface area contributed by atoms with E-state index in [0.29, 0.717) is 6.42 Å². The zero-order chi connectivity index (χ0) is 11.6. The fourth-order valence-corrected chi connectivity index (χ4v) is 1.84. The van der Waals surface area contributed by atoms with E-state index in [4.69, 9.17) is 18.9 Å². The predicted molar refractivity (Wildman–Crippen MR) is 58.7 cm³/mol. The average molecular weight is 224 g/mol. The standard InChI is InChI=1S/C12H16O4/c1-13-10-5-4-9-6-7-12(14-2,15-3)16-11(9)8-10/h4-5,8H,6-7H2,1-3H3. The van der Waals surface area contributed by atoms with Crippen molar-refractivity contribution >= 4 is 0 Å². The third kappa shape index (κ3) is 1.86. The maximum atomic E-state index is 5.74. The van der Waals surface area contributed by atoms with Gasteiger partial charge in [0.15, 0.2) is 0 Å². The summed E-state index contributed by atoms with van der Waals surface area (Å²) in [6.07, 6.45) is 1.54. The van der Waals surface area contributed by atoms with Gasteiger partial charge in [-0.3, -0.25) is 0 Å². The van der Waals surface area contributed by atoms with E-state index in [1.165, 1.54) is 0 Å². The molecule has 0 saturated carbocycles. The third-order valence-corrected chi connectivity index (χ3v) is 2.86. The number of ether oxygens (including phenoxy) is 4. The molecule has 0 saturated heterocycles. The second-order valence-electron chi connectivity index (χ2n) is 3.67. The molecule has 0 amide bonds. The Balaban J connectivity index is 2.30. The molecule has 1 heterocycles. The minimum Gasteiger partial charge on any atom is -0.497 e. The predicted octanol–water partition coefficient (Wildman–Crippen LogP) is 1.97. The molecule has 0 unspecified atom stereocenters. The highest BCUT2D eigenvalue weighted by Gasteiger charge is 2.36. The van der Waals surface area contributed by atoms with Gasteiger partial charge in [0.05, 0.1) is 7.11 Å². The number of fused-ring (bicyclic) bond motifs is 1. The molecule has 4 heteroatoms. The van der Waals surface area contributed by atoms with Gasteiger partial charge in [0, 0.05) is 26.7 Å². The highest BCUT2D eigenvalue weighted by Crippen LogP contribution is 2.36. The van der Waals surface area contributed by atoms with Gasteiger partial charge < -0.3 is 18.9 Å². The first-order valence-electron chi connectivity index (χ1n) is 5.19. The molecule has 16 heavy (non-hydrogen) atoms. The van der Waals surface area contributed by atoms with Crippen molar-refractivity contribution in [3.05, 3.63) is 23.8 Å². The van der Waals surface area contributed by atoms with E-state index < -0.39 is 5.97 Å². The molecule has 0 N–H and O–H groups in total. The minimum atomic E-state index is -0.959. The summed E-state index contributed by atoms with van der Waals surface area (Å²) in [6.45, 7) is 0. The summed E-state index contributed by atoms with van der Waals surface area (Å²) in [6, 6.07) is 5.78. The molecule has 0 bridgehead atoms. The van der Waals surface area contributed by atoms with Gasteiger partial charge in [0.2, 0.25) is 0 Å². The SMILES string of the molecule is COc1ccc2c(c1)OC(OC)(OC)CC2. The van der Waals surface area contributed by atoms with Gasteiger partial charge in [-0.05, 0) is 18.1 Å². The van der Waals surface area contributed by atoms with Crippen molar-refractivity contribution in [2.24, 2.45) is 0 Å². The topological polar surface area (TPSA) is 36.9 Å². The van der Waals surface area contributed by atoms with E-state index in [1.54, 1.807) is 21.3 Å². The monoisotopic (exact) mass is 224 g/mol. The van der Waals surface area contributed by atoms with Crippen molar-refractivity contribution < 1.29 is 18.9 Å². The zero-order valence-electron chi connectivity index (χ0n) is 9.78. The Hall–Kier alpha value is -1.26. The van der Waals surface area contributed by atoms with Gasteiger partial charge >= 0.3 is 5.97 Å². The van der Waals surface area contributed by atoms with Gasteiger partial charge in [-0.15, -0.1) is 0 Å². The average Bonchev–Trinajstić information content (AvgIpc) is 2.37. The molecule has 1 aliphatic rings. The first kappa shape index (κ1) is 11.2. The van der Waals surface area contributed by atoms with Gasteiger partial charge in [-0.1, -0.05) is 6.07 Å². The molecule has 2 rings (SSSR count). The zero-order valence-corrected chi connectivity index (χ0v) is 9.78. The molecule has 0 fully saturated rings. The van der Waals surface area contributed by atoms with Gasteiger partial charge in [-0.2, -0.15) is 0 Å². The van der Waals surface area contributed by atoms with E-state index in [1.807, 2.05) is 18.2 Å². The third-order valence-electron chi connectivity index (χ3n) is 2.86. The fraction of sp³-hybridized carbons (Fsp3) is 0.500. The van der Waals surface area contributed by atoms with Gasteiger partial charge in [0.25, 0.3) is 0 Å². The van der Waals surface area contributed by atoms with Crippen LogP contribution < -0.4 is 9.47 Å². The summed E-state index contributed by atoms with van der Waals surface area (Å²) in [7, 11) is 4.79. The Morgan fingerprint density at radius 2 is 1.94 bits per heavy atom. The van der Waals surface area contributed by atoms with Crippen LogP contribution in [0.25, 0.3) is 0 Å². The molecular formula is C12H16O4. The number of hydrogen-bond acceptors (Lipinski definition) is 4.